The summed E-state index contributed by atoms with van der Waals surface area (Å²) in [5.74, 6) is -0.958. The molecule has 2 saturated heterocycles. The highest BCUT2D eigenvalue weighted by Crippen LogP contribution is 2.21. The van der Waals surface area contributed by atoms with Gasteiger partial charge in [0.1, 0.15) is 6.54 Å². The van der Waals surface area contributed by atoms with Crippen LogP contribution in [0.3, 0.4) is 0 Å². The molecular weight excluding hydrogens is 262 g/mol. The van der Waals surface area contributed by atoms with Crippen LogP contribution in [0, 0.1) is 0 Å². The third-order valence-electron chi connectivity index (χ3n) is 4.01. The third kappa shape index (κ3) is 3.20. The van der Waals surface area contributed by atoms with E-state index in [1.807, 2.05) is 0 Å². The first-order valence-electron chi connectivity index (χ1n) is 7.00. The Morgan fingerprint density at radius 1 is 1.25 bits per heavy atom. The molecule has 7 nitrogen and oxygen atoms in total. The van der Waals surface area contributed by atoms with E-state index in [2.05, 4.69) is 0 Å². The standard InChI is InChI=1S/C13H21N3O4/c1-14-6-7-15(9-11(14)17)13(20)16-5-3-2-4-10(16)8-12(18)19/h10H,2-9H2,1H3,(H,18,19). The fourth-order valence-corrected chi connectivity index (χ4v) is 2.77. The SMILES string of the molecule is CN1CCN(C(=O)N2CCCCC2CC(=O)O)CC1=O. The normalized spacial score (nSPS) is 23.9. The molecule has 112 valence electrons. The first-order valence-corrected chi connectivity index (χ1v) is 7.00. The predicted octanol–water partition coefficient (Wildman–Crippen LogP) is 0.210. The number of amides is 3. The first-order chi connectivity index (χ1) is 9.49. The molecule has 0 aromatic heterocycles. The van der Waals surface area contributed by atoms with Crippen LogP contribution in [-0.2, 0) is 9.59 Å². The number of hydrogen-bond acceptors (Lipinski definition) is 3. The first kappa shape index (κ1) is 14.6. The van der Waals surface area contributed by atoms with Crippen molar-refractivity contribution in [3.8, 4) is 0 Å². The zero-order valence-corrected chi connectivity index (χ0v) is 11.7. The molecule has 1 unspecified atom stereocenters. The van der Waals surface area contributed by atoms with E-state index in [9.17, 15) is 14.4 Å². The van der Waals surface area contributed by atoms with Gasteiger partial charge in [-0.25, -0.2) is 4.79 Å². The molecule has 2 aliphatic heterocycles. The molecule has 2 aliphatic rings. The van der Waals surface area contributed by atoms with Crippen molar-refractivity contribution < 1.29 is 19.5 Å². The van der Waals surface area contributed by atoms with Crippen LogP contribution in [0.15, 0.2) is 0 Å². The Kier molecular flexibility index (Phi) is 4.46. The Balaban J connectivity index is 2.02. The van der Waals surface area contributed by atoms with Gasteiger partial charge in [-0.05, 0) is 19.3 Å². The number of aliphatic carboxylic acids is 1. The summed E-state index contributed by atoms with van der Waals surface area (Å²) in [6.45, 7) is 1.71. The van der Waals surface area contributed by atoms with Crippen molar-refractivity contribution in [2.75, 3.05) is 33.2 Å². The lowest BCUT2D eigenvalue weighted by Crippen LogP contribution is -2.57. The van der Waals surface area contributed by atoms with Gasteiger partial charge in [-0.3, -0.25) is 9.59 Å². The second-order valence-corrected chi connectivity index (χ2v) is 5.46. The maximum Gasteiger partial charge on any atom is 0.320 e. The maximum atomic E-state index is 12.5. The molecule has 0 radical (unpaired) electrons. The minimum absolute atomic E-state index is 0.0204. The van der Waals surface area contributed by atoms with Crippen molar-refractivity contribution in [3.05, 3.63) is 0 Å². The molecule has 2 heterocycles. The van der Waals surface area contributed by atoms with Gasteiger partial charge in [0.2, 0.25) is 5.91 Å². The number of hydrogen-bond donors (Lipinski definition) is 1. The van der Waals surface area contributed by atoms with E-state index in [4.69, 9.17) is 5.11 Å². The van der Waals surface area contributed by atoms with E-state index in [1.54, 1.807) is 16.8 Å². The van der Waals surface area contributed by atoms with Gasteiger partial charge in [0, 0.05) is 32.7 Å². The van der Waals surface area contributed by atoms with Crippen LogP contribution in [-0.4, -0.2) is 77.0 Å². The van der Waals surface area contributed by atoms with E-state index in [0.29, 0.717) is 19.6 Å². The van der Waals surface area contributed by atoms with Crippen molar-refractivity contribution in [2.45, 2.75) is 31.7 Å². The summed E-state index contributed by atoms with van der Waals surface area (Å²) in [5, 5.41) is 8.94. The summed E-state index contributed by atoms with van der Waals surface area (Å²) in [7, 11) is 1.72. The molecule has 3 amide bonds. The van der Waals surface area contributed by atoms with Crippen LogP contribution in [0.5, 0.6) is 0 Å². The highest BCUT2D eigenvalue weighted by Gasteiger charge is 2.33. The van der Waals surface area contributed by atoms with Crippen molar-refractivity contribution >= 4 is 17.9 Å². The number of piperazine rings is 1. The van der Waals surface area contributed by atoms with E-state index in [-0.39, 0.29) is 30.9 Å². The lowest BCUT2D eigenvalue weighted by molar-refractivity contribution is -0.139. The number of likely N-dealkylation sites (tertiary alicyclic amines) is 1. The number of urea groups is 1. The number of nitrogens with zero attached hydrogens (tertiary/aromatic N) is 3. The number of carboxylic acids is 1. The average molecular weight is 283 g/mol. The molecule has 0 spiro atoms. The minimum atomic E-state index is -0.885. The molecule has 2 rings (SSSR count). The van der Waals surface area contributed by atoms with Crippen LogP contribution >= 0.6 is 0 Å². The Labute approximate surface area is 118 Å². The topological polar surface area (TPSA) is 81.2 Å². The van der Waals surface area contributed by atoms with Gasteiger partial charge < -0.3 is 19.8 Å². The molecular formula is C13H21N3O4. The third-order valence-corrected chi connectivity index (χ3v) is 4.01. The summed E-state index contributed by atoms with van der Waals surface area (Å²) in [6.07, 6.45) is 2.54. The highest BCUT2D eigenvalue weighted by molar-refractivity contribution is 5.85. The van der Waals surface area contributed by atoms with Crippen LogP contribution in [0.1, 0.15) is 25.7 Å². The van der Waals surface area contributed by atoms with Crippen LogP contribution in [0.4, 0.5) is 4.79 Å². The number of rotatable bonds is 2. The lowest BCUT2D eigenvalue weighted by atomic mass is 10.00. The summed E-state index contributed by atoms with van der Waals surface area (Å²) in [5.41, 5.74) is 0. The Hall–Kier alpha value is -1.79. The number of carbonyl (C=O) groups is 3. The zero-order valence-electron chi connectivity index (χ0n) is 11.7. The molecule has 0 aliphatic carbocycles. The van der Waals surface area contributed by atoms with E-state index >= 15 is 0 Å². The molecule has 20 heavy (non-hydrogen) atoms. The monoisotopic (exact) mass is 283 g/mol. The quantitative estimate of drug-likeness (QED) is 0.785. The van der Waals surface area contributed by atoms with Gasteiger partial charge in [-0.1, -0.05) is 0 Å². The van der Waals surface area contributed by atoms with Crippen molar-refractivity contribution in [3.63, 3.8) is 0 Å². The predicted molar refractivity (Wildman–Crippen MR) is 71.2 cm³/mol. The van der Waals surface area contributed by atoms with Gasteiger partial charge in [-0.15, -0.1) is 0 Å². The second-order valence-electron chi connectivity index (χ2n) is 5.46. The highest BCUT2D eigenvalue weighted by atomic mass is 16.4. The van der Waals surface area contributed by atoms with Crippen molar-refractivity contribution in [1.82, 2.24) is 14.7 Å². The number of carbonyl (C=O) groups excluding carboxylic acids is 2. The van der Waals surface area contributed by atoms with Gasteiger partial charge in [0.25, 0.3) is 0 Å². The summed E-state index contributed by atoms with van der Waals surface area (Å²) in [4.78, 5) is 39.8. The molecule has 1 atom stereocenters. The van der Waals surface area contributed by atoms with Crippen LogP contribution in [0.2, 0.25) is 0 Å². The molecule has 2 fully saturated rings. The number of likely N-dealkylation sites (N-methyl/N-ethyl adjacent to an activating group) is 1. The molecule has 0 bridgehead atoms. The van der Waals surface area contributed by atoms with Crippen molar-refractivity contribution in [1.29, 1.82) is 0 Å². The summed E-state index contributed by atoms with van der Waals surface area (Å²) >= 11 is 0. The van der Waals surface area contributed by atoms with Gasteiger partial charge in [0.15, 0.2) is 0 Å². The fourth-order valence-electron chi connectivity index (χ4n) is 2.77. The van der Waals surface area contributed by atoms with Crippen LogP contribution in [0.25, 0.3) is 0 Å². The van der Waals surface area contributed by atoms with E-state index in [0.717, 1.165) is 19.3 Å². The van der Waals surface area contributed by atoms with Gasteiger partial charge in [-0.2, -0.15) is 0 Å². The van der Waals surface area contributed by atoms with Crippen molar-refractivity contribution in [2.24, 2.45) is 0 Å². The molecule has 7 heteroatoms. The Morgan fingerprint density at radius 3 is 2.65 bits per heavy atom. The lowest BCUT2D eigenvalue weighted by Gasteiger charge is -2.40. The Morgan fingerprint density at radius 2 is 2.00 bits per heavy atom. The van der Waals surface area contributed by atoms with Crippen LogP contribution < -0.4 is 0 Å². The minimum Gasteiger partial charge on any atom is -0.481 e. The number of carboxylic acid groups (broad SMARTS) is 1. The van der Waals surface area contributed by atoms with E-state index in [1.165, 1.54) is 4.90 Å². The molecule has 0 aromatic rings. The summed E-state index contributed by atoms with van der Waals surface area (Å²) in [6, 6.07) is -0.444. The van der Waals surface area contributed by atoms with Gasteiger partial charge >= 0.3 is 12.0 Å². The molecule has 0 saturated carbocycles. The zero-order chi connectivity index (χ0) is 14.7. The molecule has 1 N–H and O–H groups in total. The second kappa shape index (κ2) is 6.11. The van der Waals surface area contributed by atoms with Gasteiger partial charge in [0.05, 0.1) is 6.42 Å². The number of piperidine rings is 1. The average Bonchev–Trinajstić information content (AvgIpc) is 2.41. The fraction of sp³-hybridized carbons (Fsp3) is 0.769. The summed E-state index contributed by atoms with van der Waals surface area (Å²) < 4.78 is 0. The van der Waals surface area contributed by atoms with E-state index < -0.39 is 5.97 Å². The smallest absolute Gasteiger partial charge is 0.320 e. The maximum absolute atomic E-state index is 12.5. The molecule has 0 aromatic carbocycles. The Bertz CT molecular complexity index is 412. The largest absolute Gasteiger partial charge is 0.481 e.